The fraction of sp³-hybridized carbons (Fsp3) is 0.208. The molecule has 1 atom stereocenters. The van der Waals surface area contributed by atoms with E-state index in [1.54, 1.807) is 0 Å². The van der Waals surface area contributed by atoms with Crippen LogP contribution in [-0.2, 0) is 20.5 Å². The van der Waals surface area contributed by atoms with Crippen molar-refractivity contribution < 1.29 is 14.0 Å². The number of carbonyl (C=O) groups excluding carboxylic acids is 1. The summed E-state index contributed by atoms with van der Waals surface area (Å²) in [7, 11) is -1.63. The number of nitrogens with two attached hydrogens (primary N) is 1. The normalized spacial score (nSPS) is 12.4. The third-order valence-electron chi connectivity index (χ3n) is 5.13. The van der Waals surface area contributed by atoms with E-state index in [1.165, 1.54) is 7.11 Å². The first-order valence-electron chi connectivity index (χ1n) is 9.82. The number of ether oxygens (including phenoxy) is 1. The van der Waals surface area contributed by atoms with Gasteiger partial charge in [-0.2, -0.15) is 0 Å². The zero-order chi connectivity index (χ0) is 20.7. The highest BCUT2D eigenvalue weighted by Gasteiger charge is 2.46. The molecular formula is C24H27NO3Si. The Hall–Kier alpha value is -2.73. The molecule has 0 aliphatic rings. The van der Waals surface area contributed by atoms with Crippen molar-refractivity contribution in [2.45, 2.75) is 26.0 Å². The highest BCUT2D eigenvalue weighted by atomic mass is 28.4. The number of methoxy groups -OCH3 is 1. The topological polar surface area (TPSA) is 61.5 Å². The van der Waals surface area contributed by atoms with E-state index in [-0.39, 0.29) is 5.97 Å². The van der Waals surface area contributed by atoms with Crippen molar-refractivity contribution in [2.24, 2.45) is 5.73 Å². The molecule has 0 saturated carbocycles. The lowest BCUT2D eigenvalue weighted by molar-refractivity contribution is -0.149. The lowest BCUT2D eigenvalue weighted by atomic mass is 10.2. The maximum absolute atomic E-state index is 12.5. The first-order valence-corrected chi connectivity index (χ1v) is 11.7. The predicted octanol–water partition coefficient (Wildman–Crippen LogP) is 2.08. The smallest absolute Gasteiger partial charge is 0.333 e. The number of benzene rings is 3. The lowest BCUT2D eigenvalue weighted by Gasteiger charge is -2.36. The van der Waals surface area contributed by atoms with Crippen LogP contribution in [0.5, 0.6) is 0 Å². The molecule has 0 amide bonds. The second-order valence-electron chi connectivity index (χ2n) is 6.81. The lowest BCUT2D eigenvalue weighted by Crippen LogP contribution is -2.71. The van der Waals surface area contributed by atoms with Gasteiger partial charge in [0.1, 0.15) is 6.10 Å². The van der Waals surface area contributed by atoms with E-state index in [2.05, 4.69) is 30.3 Å². The van der Waals surface area contributed by atoms with Crippen LogP contribution in [0, 0.1) is 0 Å². The summed E-state index contributed by atoms with van der Waals surface area (Å²) in [6.07, 6.45) is -0.149. The molecule has 0 bridgehead atoms. The van der Waals surface area contributed by atoms with Crippen LogP contribution in [0.3, 0.4) is 0 Å². The number of hydrogen-bond donors (Lipinski definition) is 1. The Kier molecular flexibility index (Phi) is 6.98. The average molecular weight is 406 g/mol. The highest BCUT2D eigenvalue weighted by Crippen LogP contribution is 2.17. The fourth-order valence-electron chi connectivity index (χ4n) is 3.71. The van der Waals surface area contributed by atoms with Crippen molar-refractivity contribution in [3.63, 3.8) is 0 Å². The standard InChI is InChI=1S/C24H27NO3Si/c1-3-22(24(26)27-2)28-29(20-13-6-4-7-14-20,21-15-8-5-9-16-21)23-17-11-10-12-19(23)18-25/h4-17,22H,3,18,25H2,1-2H3. The fourth-order valence-corrected chi connectivity index (χ4v) is 8.04. The van der Waals surface area contributed by atoms with E-state index >= 15 is 0 Å². The summed E-state index contributed by atoms with van der Waals surface area (Å²) >= 11 is 0. The van der Waals surface area contributed by atoms with Gasteiger partial charge in [-0.3, -0.25) is 0 Å². The van der Waals surface area contributed by atoms with Gasteiger partial charge in [-0.05, 0) is 27.5 Å². The number of esters is 1. The molecule has 0 aliphatic carbocycles. The predicted molar refractivity (Wildman–Crippen MR) is 119 cm³/mol. The average Bonchev–Trinajstić information content (AvgIpc) is 2.81. The Balaban J connectivity index is 2.35. The first-order chi connectivity index (χ1) is 14.2. The molecule has 3 aromatic rings. The Morgan fingerprint density at radius 1 is 0.897 bits per heavy atom. The van der Waals surface area contributed by atoms with E-state index in [0.29, 0.717) is 13.0 Å². The minimum Gasteiger partial charge on any atom is -0.467 e. The Morgan fingerprint density at radius 3 is 1.90 bits per heavy atom. The van der Waals surface area contributed by atoms with Gasteiger partial charge in [0.15, 0.2) is 0 Å². The number of carbonyl (C=O) groups is 1. The molecule has 0 spiro atoms. The van der Waals surface area contributed by atoms with Crippen LogP contribution in [-0.4, -0.2) is 27.5 Å². The molecular weight excluding hydrogens is 378 g/mol. The maximum atomic E-state index is 12.5. The molecule has 0 aromatic heterocycles. The molecule has 0 aliphatic heterocycles. The monoisotopic (exact) mass is 405 g/mol. The van der Waals surface area contributed by atoms with Crippen molar-refractivity contribution in [2.75, 3.05) is 7.11 Å². The molecule has 5 heteroatoms. The highest BCUT2D eigenvalue weighted by molar-refractivity contribution is 7.07. The molecule has 4 nitrogen and oxygen atoms in total. The van der Waals surface area contributed by atoms with Crippen LogP contribution < -0.4 is 21.3 Å². The third kappa shape index (κ3) is 4.17. The molecule has 29 heavy (non-hydrogen) atoms. The zero-order valence-corrected chi connectivity index (χ0v) is 17.9. The summed E-state index contributed by atoms with van der Waals surface area (Å²) in [5.74, 6) is -0.360. The van der Waals surface area contributed by atoms with Crippen molar-refractivity contribution in [3.8, 4) is 0 Å². The SMILES string of the molecule is CCC(O[Si](c1ccccc1)(c1ccccc1)c1ccccc1CN)C(=O)OC. The Labute approximate surface area is 173 Å². The molecule has 1 unspecified atom stereocenters. The Morgan fingerprint density at radius 2 is 1.41 bits per heavy atom. The summed E-state index contributed by atoms with van der Waals surface area (Å²) < 4.78 is 11.9. The molecule has 0 radical (unpaired) electrons. The van der Waals surface area contributed by atoms with Gasteiger partial charge < -0.3 is 14.9 Å². The minimum absolute atomic E-state index is 0.360. The van der Waals surface area contributed by atoms with Crippen LogP contribution in [0.25, 0.3) is 0 Å². The summed E-state index contributed by atoms with van der Waals surface area (Å²) in [5, 5.41) is 3.19. The summed E-state index contributed by atoms with van der Waals surface area (Å²) in [6.45, 7) is 2.33. The summed E-state index contributed by atoms with van der Waals surface area (Å²) in [5.41, 5.74) is 7.15. The van der Waals surface area contributed by atoms with E-state index in [4.69, 9.17) is 14.9 Å². The van der Waals surface area contributed by atoms with Gasteiger partial charge in [0.25, 0.3) is 8.32 Å². The van der Waals surface area contributed by atoms with Crippen LogP contribution in [0.15, 0.2) is 84.9 Å². The van der Waals surface area contributed by atoms with Crippen molar-refractivity contribution in [1.82, 2.24) is 0 Å². The van der Waals surface area contributed by atoms with Crippen LogP contribution in [0.1, 0.15) is 18.9 Å². The van der Waals surface area contributed by atoms with Crippen LogP contribution >= 0.6 is 0 Å². The van der Waals surface area contributed by atoms with Gasteiger partial charge in [-0.15, -0.1) is 0 Å². The van der Waals surface area contributed by atoms with E-state index in [1.807, 2.05) is 61.5 Å². The van der Waals surface area contributed by atoms with Gasteiger partial charge in [0, 0.05) is 6.54 Å². The molecule has 0 heterocycles. The zero-order valence-electron chi connectivity index (χ0n) is 16.9. The van der Waals surface area contributed by atoms with Crippen molar-refractivity contribution >= 4 is 29.8 Å². The molecule has 3 rings (SSSR count). The minimum atomic E-state index is -3.03. The quantitative estimate of drug-likeness (QED) is 0.354. The first kappa shape index (κ1) is 21.0. The summed E-state index contributed by atoms with van der Waals surface area (Å²) in [4.78, 5) is 12.5. The van der Waals surface area contributed by atoms with Crippen molar-refractivity contribution in [1.29, 1.82) is 0 Å². The second kappa shape index (κ2) is 9.65. The molecule has 0 saturated heterocycles. The molecule has 3 aromatic carbocycles. The van der Waals surface area contributed by atoms with Crippen molar-refractivity contribution in [3.05, 3.63) is 90.5 Å². The number of hydrogen-bond acceptors (Lipinski definition) is 4. The van der Waals surface area contributed by atoms with Gasteiger partial charge in [0.05, 0.1) is 7.11 Å². The largest absolute Gasteiger partial charge is 0.467 e. The van der Waals surface area contributed by atoms with Crippen LogP contribution in [0.4, 0.5) is 0 Å². The number of rotatable bonds is 8. The van der Waals surface area contributed by atoms with Crippen LogP contribution in [0.2, 0.25) is 0 Å². The van der Waals surface area contributed by atoms with Gasteiger partial charge in [-0.25, -0.2) is 4.79 Å². The Bertz CT molecular complexity index is 892. The molecule has 2 N–H and O–H groups in total. The molecule has 0 fully saturated rings. The van der Waals surface area contributed by atoms with E-state index < -0.39 is 14.4 Å². The van der Waals surface area contributed by atoms with Gasteiger partial charge in [-0.1, -0.05) is 91.9 Å². The van der Waals surface area contributed by atoms with E-state index in [9.17, 15) is 4.79 Å². The summed E-state index contributed by atoms with van der Waals surface area (Å²) in [6, 6.07) is 28.4. The maximum Gasteiger partial charge on any atom is 0.333 e. The third-order valence-corrected chi connectivity index (χ3v) is 9.31. The second-order valence-corrected chi connectivity index (χ2v) is 10.1. The van der Waals surface area contributed by atoms with E-state index in [0.717, 1.165) is 21.1 Å². The van der Waals surface area contributed by atoms with Gasteiger partial charge >= 0.3 is 5.97 Å². The van der Waals surface area contributed by atoms with Gasteiger partial charge in [0.2, 0.25) is 0 Å². The molecule has 150 valence electrons.